The first-order valence-electron chi connectivity index (χ1n) is 24.6. The summed E-state index contributed by atoms with van der Waals surface area (Å²) in [7, 11) is 2.63. The van der Waals surface area contributed by atoms with Crippen molar-refractivity contribution >= 4 is 35.0 Å². The highest BCUT2D eigenvalue weighted by Gasteiger charge is 2.44. The lowest BCUT2D eigenvalue weighted by Crippen LogP contribution is -2.54. The van der Waals surface area contributed by atoms with Crippen molar-refractivity contribution in [2.24, 2.45) is 17.8 Å². The SMILES string of the molecule is COC(=O)N[C@H](C(=O)N1C[C@@H](C)C[C@H]1c1ncc(-c2ccc(-c3ccc(-c4ccc5[nH]c([C@@H]6CC[C@H](C)N6C(=O)[C@@H](NC(=O)OC)C6CCOCC6)nc5c4)c4c3C3CCC4C3)cc2)[nH]1)C(C)C. The molecule has 15 heteroatoms. The molecule has 5 aliphatic rings. The lowest BCUT2D eigenvalue weighted by Gasteiger charge is -2.36. The molecule has 0 spiro atoms. The maximum Gasteiger partial charge on any atom is 0.407 e. The molecule has 5 heterocycles. The van der Waals surface area contributed by atoms with E-state index in [1.54, 1.807) is 0 Å². The average molecular weight is 925 g/mol. The van der Waals surface area contributed by atoms with Gasteiger partial charge in [0.05, 0.1) is 49.2 Å². The molecule has 0 radical (unpaired) electrons. The molecule has 15 nitrogen and oxygen atoms in total. The number of hydrogen-bond donors (Lipinski definition) is 4. The first-order chi connectivity index (χ1) is 32.9. The van der Waals surface area contributed by atoms with E-state index in [1.165, 1.54) is 61.3 Å². The summed E-state index contributed by atoms with van der Waals surface area (Å²) in [5.74, 6) is 2.43. The lowest BCUT2D eigenvalue weighted by molar-refractivity contribution is -0.138. The van der Waals surface area contributed by atoms with Crippen molar-refractivity contribution in [2.75, 3.05) is 34.0 Å². The summed E-state index contributed by atoms with van der Waals surface area (Å²) in [6, 6.07) is 18.0. The Kier molecular flexibility index (Phi) is 12.5. The van der Waals surface area contributed by atoms with Crippen LogP contribution < -0.4 is 10.6 Å². The molecule has 4 N–H and O–H groups in total. The summed E-state index contributed by atoms with van der Waals surface area (Å²) < 4.78 is 15.4. The standard InChI is InChI=1S/C53H64N8O7/c1-28(2)46(58-52(64)66-5)50(62)60-27-29(3)23-43(60)48-54-26-41(57-48)32-10-8-31(9-11-32)37-15-16-38(45-36-13-12-35(24-36)44(37)45)34-14-17-39-40(25-34)56-49(55-39)42-18-7-30(4)61(42)51(63)47(59-53(65)67-6)33-19-21-68-22-20-33/h8-11,14-17,25-26,28-30,33,35-36,42-43,46-47H,7,12-13,18-24,27H2,1-6H3,(H,54,57)(H,55,56)(H,58,64)(H,59,65)/t29-,30-,35?,36?,42-,43-,46-,47-/m0/s1. The Balaban J connectivity index is 0.892. The van der Waals surface area contributed by atoms with Gasteiger partial charge in [-0.1, -0.05) is 63.2 Å². The van der Waals surface area contributed by atoms with Gasteiger partial charge in [0.1, 0.15) is 23.7 Å². The van der Waals surface area contributed by atoms with Crippen LogP contribution in [0.5, 0.6) is 0 Å². The molecule has 3 aliphatic heterocycles. The van der Waals surface area contributed by atoms with E-state index in [0.717, 1.165) is 58.8 Å². The summed E-state index contributed by atoms with van der Waals surface area (Å²) in [5.41, 5.74) is 11.5. The predicted octanol–water partition coefficient (Wildman–Crippen LogP) is 9.15. The van der Waals surface area contributed by atoms with Crippen molar-refractivity contribution in [2.45, 2.75) is 121 Å². The highest BCUT2D eigenvalue weighted by Crippen LogP contribution is 2.58. The second kappa shape index (κ2) is 18.7. The third-order valence-electron chi connectivity index (χ3n) is 15.7. The number of imidazole rings is 2. The van der Waals surface area contributed by atoms with Crippen molar-refractivity contribution in [3.63, 3.8) is 0 Å². The van der Waals surface area contributed by atoms with Gasteiger partial charge in [-0.05, 0) is 139 Å². The highest BCUT2D eigenvalue weighted by molar-refractivity contribution is 5.89. The van der Waals surface area contributed by atoms with E-state index in [-0.39, 0.29) is 47.7 Å². The Morgan fingerprint density at radius 2 is 1.40 bits per heavy atom. The summed E-state index contributed by atoms with van der Waals surface area (Å²) >= 11 is 0. The zero-order valence-corrected chi connectivity index (χ0v) is 40.0. The van der Waals surface area contributed by atoms with Gasteiger partial charge in [-0.3, -0.25) is 9.59 Å². The summed E-state index contributed by atoms with van der Waals surface area (Å²) in [4.78, 5) is 73.8. The molecule has 2 aromatic heterocycles. The Morgan fingerprint density at radius 1 is 0.735 bits per heavy atom. The molecular weight excluding hydrogens is 861 g/mol. The number of hydrogen-bond acceptors (Lipinski definition) is 9. The van der Waals surface area contributed by atoms with Crippen LogP contribution in [0.2, 0.25) is 0 Å². The number of carbonyl (C=O) groups is 4. The van der Waals surface area contributed by atoms with Crippen LogP contribution in [0.15, 0.2) is 60.8 Å². The number of aromatic amines is 2. The van der Waals surface area contributed by atoms with Crippen molar-refractivity contribution in [1.82, 2.24) is 40.4 Å². The van der Waals surface area contributed by atoms with Gasteiger partial charge in [-0.15, -0.1) is 0 Å². The van der Waals surface area contributed by atoms with Crippen LogP contribution >= 0.6 is 0 Å². The number of fused-ring (bicyclic) bond motifs is 6. The zero-order valence-electron chi connectivity index (χ0n) is 40.0. The Hall–Kier alpha value is -6.22. The minimum atomic E-state index is -0.700. The zero-order chi connectivity index (χ0) is 47.4. The van der Waals surface area contributed by atoms with E-state index in [9.17, 15) is 19.2 Å². The monoisotopic (exact) mass is 924 g/mol. The van der Waals surface area contributed by atoms with Gasteiger partial charge in [0, 0.05) is 25.8 Å². The fraction of sp³-hybridized carbons (Fsp3) is 0.509. The molecule has 1 saturated carbocycles. The molecule has 2 unspecified atom stereocenters. The number of nitrogens with one attached hydrogen (secondary N) is 4. The molecule has 8 atom stereocenters. The maximum absolute atomic E-state index is 14.4. The van der Waals surface area contributed by atoms with Crippen LogP contribution in [-0.4, -0.2) is 106 Å². The number of aromatic nitrogens is 4. The van der Waals surface area contributed by atoms with Crippen LogP contribution in [-0.2, 0) is 23.8 Å². The number of benzene rings is 3. The minimum Gasteiger partial charge on any atom is -0.453 e. The number of ether oxygens (including phenoxy) is 3. The number of H-pyrrole nitrogens is 2. The van der Waals surface area contributed by atoms with Gasteiger partial charge < -0.3 is 44.6 Å². The predicted molar refractivity (Wildman–Crippen MR) is 257 cm³/mol. The Morgan fingerprint density at radius 3 is 2.09 bits per heavy atom. The first kappa shape index (κ1) is 45.6. The van der Waals surface area contributed by atoms with Gasteiger partial charge in [-0.2, -0.15) is 0 Å². The normalized spacial score (nSPS) is 24.3. The number of alkyl carbamates (subject to hydrolysis) is 2. The van der Waals surface area contributed by atoms with Crippen molar-refractivity contribution < 1.29 is 33.4 Å². The van der Waals surface area contributed by atoms with E-state index in [4.69, 9.17) is 24.2 Å². The van der Waals surface area contributed by atoms with Crippen molar-refractivity contribution in [3.05, 3.63) is 83.6 Å². The molecule has 4 fully saturated rings. The fourth-order valence-corrected chi connectivity index (χ4v) is 12.2. The van der Waals surface area contributed by atoms with E-state index < -0.39 is 24.3 Å². The van der Waals surface area contributed by atoms with Crippen LogP contribution in [0.25, 0.3) is 44.5 Å². The second-order valence-electron chi connectivity index (χ2n) is 20.3. The van der Waals surface area contributed by atoms with E-state index in [1.807, 2.05) is 29.8 Å². The first-order valence-corrected chi connectivity index (χ1v) is 24.6. The van der Waals surface area contributed by atoms with Crippen LogP contribution in [0, 0.1) is 17.8 Å². The van der Waals surface area contributed by atoms with Gasteiger partial charge in [0.15, 0.2) is 0 Å². The van der Waals surface area contributed by atoms with Gasteiger partial charge in [0.25, 0.3) is 0 Å². The number of methoxy groups -OCH3 is 2. The van der Waals surface area contributed by atoms with E-state index >= 15 is 0 Å². The van der Waals surface area contributed by atoms with E-state index in [0.29, 0.717) is 44.4 Å². The largest absolute Gasteiger partial charge is 0.453 e. The molecular formula is C53H64N8O7. The smallest absolute Gasteiger partial charge is 0.407 e. The quantitative estimate of drug-likeness (QED) is 0.100. The molecule has 2 aliphatic carbocycles. The van der Waals surface area contributed by atoms with Crippen molar-refractivity contribution in [3.8, 4) is 33.5 Å². The molecule has 4 amide bonds. The highest BCUT2D eigenvalue weighted by atomic mass is 16.5. The minimum absolute atomic E-state index is 0.0115. The molecule has 358 valence electrons. The summed E-state index contributed by atoms with van der Waals surface area (Å²) in [6.07, 6.45) is 7.96. The van der Waals surface area contributed by atoms with Gasteiger partial charge >= 0.3 is 12.2 Å². The Bertz CT molecular complexity index is 2710. The molecule has 5 aromatic rings. The summed E-state index contributed by atoms with van der Waals surface area (Å²) in [5, 5.41) is 5.62. The van der Waals surface area contributed by atoms with Crippen LogP contribution in [0.3, 0.4) is 0 Å². The number of rotatable bonds is 11. The topological polar surface area (TPSA) is 184 Å². The average Bonchev–Trinajstić information content (AvgIpc) is 4.23. The third kappa shape index (κ3) is 8.40. The molecule has 3 saturated heterocycles. The molecule has 3 aromatic carbocycles. The number of amides is 4. The molecule has 2 bridgehead atoms. The molecule has 68 heavy (non-hydrogen) atoms. The maximum atomic E-state index is 14.4. The number of nitrogens with zero attached hydrogens (tertiary/aromatic N) is 4. The second-order valence-corrected chi connectivity index (χ2v) is 20.3. The lowest BCUT2D eigenvalue weighted by atomic mass is 9.81. The van der Waals surface area contributed by atoms with Gasteiger partial charge in [-0.25, -0.2) is 19.6 Å². The number of likely N-dealkylation sites (tertiary alicyclic amines) is 2. The Labute approximate surface area is 397 Å². The van der Waals surface area contributed by atoms with Gasteiger partial charge in [0.2, 0.25) is 11.8 Å². The fourth-order valence-electron chi connectivity index (χ4n) is 12.2. The van der Waals surface area contributed by atoms with Crippen LogP contribution in [0.4, 0.5) is 9.59 Å². The van der Waals surface area contributed by atoms with Crippen LogP contribution in [0.1, 0.15) is 126 Å². The number of carbonyl (C=O) groups excluding carboxylic acids is 4. The summed E-state index contributed by atoms with van der Waals surface area (Å²) in [6.45, 7) is 9.76. The van der Waals surface area contributed by atoms with Crippen molar-refractivity contribution in [1.29, 1.82) is 0 Å². The third-order valence-corrected chi connectivity index (χ3v) is 15.7. The molecule has 10 rings (SSSR count). The van der Waals surface area contributed by atoms with E-state index in [2.05, 4.69) is 89.0 Å².